The highest BCUT2D eigenvalue weighted by Gasteiger charge is 2.18. The van der Waals surface area contributed by atoms with Crippen LogP contribution in [0, 0.1) is 6.92 Å². The molecule has 0 fully saturated rings. The monoisotopic (exact) mass is 340 g/mol. The Morgan fingerprint density at radius 3 is 2.88 bits per heavy atom. The molecule has 130 valence electrons. The zero-order valence-corrected chi connectivity index (χ0v) is 14.2. The quantitative estimate of drug-likeness (QED) is 0.850. The van der Waals surface area contributed by atoms with Crippen LogP contribution in [0.2, 0.25) is 0 Å². The molecule has 6 nitrogen and oxygen atoms in total. The maximum atomic E-state index is 12.0. The molecule has 0 radical (unpaired) electrons. The Kier molecular flexibility index (Phi) is 5.18. The highest BCUT2D eigenvalue weighted by molar-refractivity contribution is 6.04. The molecule has 25 heavy (non-hydrogen) atoms. The number of carbonyl (C=O) groups excluding carboxylic acids is 1. The van der Waals surface area contributed by atoms with Crippen molar-refractivity contribution in [1.82, 2.24) is 5.43 Å². The number of hydrazone groups is 1. The standard InChI is InChI=1S/C19H20N2O4/c1-13-5-3-8-16-17(9-10-24-19(13)16)20-21-18(22)12-25-15-7-4-6-14(11-15)23-2/h3-8,11H,9-10,12H2,1-2H3,(H,21,22). The Hall–Kier alpha value is -3.02. The van der Waals surface area contributed by atoms with Crippen LogP contribution in [0.15, 0.2) is 47.6 Å². The molecule has 1 N–H and O–H groups in total. The zero-order valence-electron chi connectivity index (χ0n) is 14.2. The Morgan fingerprint density at radius 2 is 2.04 bits per heavy atom. The zero-order chi connectivity index (χ0) is 17.6. The smallest absolute Gasteiger partial charge is 0.277 e. The van der Waals surface area contributed by atoms with Gasteiger partial charge in [0.2, 0.25) is 0 Å². The molecular weight excluding hydrogens is 320 g/mol. The minimum Gasteiger partial charge on any atom is -0.497 e. The maximum Gasteiger partial charge on any atom is 0.277 e. The van der Waals surface area contributed by atoms with Gasteiger partial charge in [0.1, 0.15) is 17.2 Å². The third-order valence-electron chi connectivity index (χ3n) is 3.83. The second kappa shape index (κ2) is 7.70. The Labute approximate surface area is 146 Å². The summed E-state index contributed by atoms with van der Waals surface area (Å²) in [7, 11) is 1.58. The van der Waals surface area contributed by atoms with Crippen LogP contribution in [-0.4, -0.2) is 31.9 Å². The molecule has 1 amide bonds. The van der Waals surface area contributed by atoms with Gasteiger partial charge in [-0.05, 0) is 30.7 Å². The molecule has 0 aromatic heterocycles. The molecule has 0 atom stereocenters. The Morgan fingerprint density at radius 1 is 1.24 bits per heavy atom. The Bertz CT molecular complexity index is 802. The van der Waals surface area contributed by atoms with Crippen LogP contribution in [0.4, 0.5) is 0 Å². The van der Waals surface area contributed by atoms with Crippen molar-refractivity contribution in [1.29, 1.82) is 0 Å². The first-order chi connectivity index (χ1) is 12.2. The van der Waals surface area contributed by atoms with Crippen molar-refractivity contribution >= 4 is 11.6 Å². The number of hydrogen-bond acceptors (Lipinski definition) is 5. The van der Waals surface area contributed by atoms with Gasteiger partial charge in [-0.2, -0.15) is 5.10 Å². The van der Waals surface area contributed by atoms with Crippen molar-refractivity contribution in [2.45, 2.75) is 13.3 Å². The predicted octanol–water partition coefficient (Wildman–Crippen LogP) is 2.69. The molecule has 0 saturated heterocycles. The molecule has 0 saturated carbocycles. The number of fused-ring (bicyclic) bond motifs is 1. The fraction of sp³-hybridized carbons (Fsp3) is 0.263. The van der Waals surface area contributed by atoms with E-state index in [9.17, 15) is 4.79 Å². The molecule has 0 spiro atoms. The van der Waals surface area contributed by atoms with Gasteiger partial charge in [-0.15, -0.1) is 0 Å². The molecule has 0 aliphatic carbocycles. The van der Waals surface area contributed by atoms with Gasteiger partial charge in [-0.1, -0.05) is 18.2 Å². The molecule has 2 aromatic carbocycles. The van der Waals surface area contributed by atoms with Crippen molar-refractivity contribution in [2.24, 2.45) is 5.10 Å². The lowest BCUT2D eigenvalue weighted by molar-refractivity contribution is -0.123. The van der Waals surface area contributed by atoms with Crippen LogP contribution >= 0.6 is 0 Å². The number of para-hydroxylation sites is 1. The third kappa shape index (κ3) is 4.09. The van der Waals surface area contributed by atoms with Crippen molar-refractivity contribution in [3.63, 3.8) is 0 Å². The number of benzene rings is 2. The van der Waals surface area contributed by atoms with Gasteiger partial charge in [0.25, 0.3) is 5.91 Å². The van der Waals surface area contributed by atoms with Gasteiger partial charge in [-0.25, -0.2) is 5.43 Å². The van der Waals surface area contributed by atoms with E-state index in [0.29, 0.717) is 24.5 Å². The van der Waals surface area contributed by atoms with Crippen molar-refractivity contribution in [3.05, 3.63) is 53.6 Å². The van der Waals surface area contributed by atoms with E-state index in [2.05, 4.69) is 10.5 Å². The number of ether oxygens (including phenoxy) is 3. The van der Waals surface area contributed by atoms with E-state index in [4.69, 9.17) is 14.2 Å². The molecule has 6 heteroatoms. The number of carbonyl (C=O) groups is 1. The largest absolute Gasteiger partial charge is 0.497 e. The topological polar surface area (TPSA) is 69.2 Å². The number of hydrogen-bond donors (Lipinski definition) is 1. The molecule has 0 bridgehead atoms. The second-order valence-corrected chi connectivity index (χ2v) is 5.61. The lowest BCUT2D eigenvalue weighted by Gasteiger charge is -2.20. The number of amides is 1. The fourth-order valence-corrected chi connectivity index (χ4v) is 2.57. The minimum absolute atomic E-state index is 0.124. The summed E-state index contributed by atoms with van der Waals surface area (Å²) in [5, 5.41) is 4.24. The summed E-state index contributed by atoms with van der Waals surface area (Å²) in [5.41, 5.74) is 5.32. The summed E-state index contributed by atoms with van der Waals surface area (Å²) in [4.78, 5) is 12.0. The average Bonchev–Trinajstić information content (AvgIpc) is 2.65. The summed E-state index contributed by atoms with van der Waals surface area (Å²) in [6.07, 6.45) is 0.646. The van der Waals surface area contributed by atoms with E-state index in [1.54, 1.807) is 25.3 Å². The molecule has 2 aromatic rings. The highest BCUT2D eigenvalue weighted by atomic mass is 16.5. The van der Waals surface area contributed by atoms with Crippen LogP contribution in [0.5, 0.6) is 17.2 Å². The van der Waals surface area contributed by atoms with Crippen LogP contribution in [0.3, 0.4) is 0 Å². The number of rotatable bonds is 5. The van der Waals surface area contributed by atoms with E-state index in [1.165, 1.54) is 0 Å². The maximum absolute atomic E-state index is 12.0. The molecule has 1 heterocycles. The molecule has 1 aliphatic rings. The third-order valence-corrected chi connectivity index (χ3v) is 3.83. The number of methoxy groups -OCH3 is 1. The van der Waals surface area contributed by atoms with Crippen LogP contribution < -0.4 is 19.6 Å². The summed E-state index contributed by atoms with van der Waals surface area (Å²) in [5.74, 6) is 1.74. The molecule has 0 unspecified atom stereocenters. The number of nitrogens with one attached hydrogen (secondary N) is 1. The Balaban J connectivity index is 1.61. The summed E-state index contributed by atoms with van der Waals surface area (Å²) in [6, 6.07) is 13.0. The van der Waals surface area contributed by atoms with E-state index in [-0.39, 0.29) is 12.5 Å². The summed E-state index contributed by atoms with van der Waals surface area (Å²) >= 11 is 0. The first kappa shape index (κ1) is 16.8. The predicted molar refractivity (Wildman–Crippen MR) is 94.5 cm³/mol. The van der Waals surface area contributed by atoms with Crippen molar-refractivity contribution < 1.29 is 19.0 Å². The number of nitrogens with zero attached hydrogens (tertiary/aromatic N) is 1. The van der Waals surface area contributed by atoms with Gasteiger partial charge in [-0.3, -0.25) is 4.79 Å². The van der Waals surface area contributed by atoms with Gasteiger partial charge < -0.3 is 14.2 Å². The van der Waals surface area contributed by atoms with Crippen LogP contribution in [0.25, 0.3) is 0 Å². The van der Waals surface area contributed by atoms with E-state index >= 15 is 0 Å². The van der Waals surface area contributed by atoms with Gasteiger partial charge in [0.15, 0.2) is 6.61 Å². The lowest BCUT2D eigenvalue weighted by atomic mass is 10.0. The first-order valence-corrected chi connectivity index (χ1v) is 8.02. The van der Waals surface area contributed by atoms with Gasteiger partial charge in [0, 0.05) is 18.1 Å². The van der Waals surface area contributed by atoms with Gasteiger partial charge in [0.05, 0.1) is 19.4 Å². The fourth-order valence-electron chi connectivity index (χ4n) is 2.57. The second-order valence-electron chi connectivity index (χ2n) is 5.61. The van der Waals surface area contributed by atoms with E-state index in [1.807, 2.05) is 31.2 Å². The van der Waals surface area contributed by atoms with Crippen molar-refractivity contribution in [3.8, 4) is 17.2 Å². The van der Waals surface area contributed by atoms with Gasteiger partial charge >= 0.3 is 0 Å². The minimum atomic E-state index is -0.323. The molecule has 1 aliphatic heterocycles. The first-order valence-electron chi connectivity index (χ1n) is 8.02. The summed E-state index contributed by atoms with van der Waals surface area (Å²) < 4.78 is 16.3. The van der Waals surface area contributed by atoms with Crippen LogP contribution in [-0.2, 0) is 4.79 Å². The number of aryl methyl sites for hydroxylation is 1. The molecular formula is C19H20N2O4. The van der Waals surface area contributed by atoms with E-state index in [0.717, 1.165) is 22.6 Å². The SMILES string of the molecule is COc1cccc(OCC(=O)NN=C2CCOc3c(C)cccc32)c1. The van der Waals surface area contributed by atoms with Crippen molar-refractivity contribution in [2.75, 3.05) is 20.3 Å². The normalized spacial score (nSPS) is 14.4. The summed E-state index contributed by atoms with van der Waals surface area (Å²) in [6.45, 7) is 2.41. The van der Waals surface area contributed by atoms with Crippen LogP contribution in [0.1, 0.15) is 17.5 Å². The van der Waals surface area contributed by atoms with E-state index < -0.39 is 0 Å². The lowest BCUT2D eigenvalue weighted by Crippen LogP contribution is -2.27. The average molecular weight is 340 g/mol. The highest BCUT2D eigenvalue weighted by Crippen LogP contribution is 2.28. The molecule has 3 rings (SSSR count).